The fourth-order valence-corrected chi connectivity index (χ4v) is 2.48. The highest BCUT2D eigenvalue weighted by molar-refractivity contribution is 5.92. The lowest BCUT2D eigenvalue weighted by Crippen LogP contribution is -2.21. The van der Waals surface area contributed by atoms with E-state index < -0.39 is 10.9 Å². The molecule has 0 aliphatic rings. The molecule has 8 nitrogen and oxygen atoms in total. The highest BCUT2D eigenvalue weighted by Crippen LogP contribution is 2.30. The number of carbonyl (C=O) groups is 1. The number of hydrogen-bond donors (Lipinski definition) is 1. The molecule has 0 aliphatic heterocycles. The number of hydrogen-bond acceptors (Lipinski definition) is 6. The second-order valence-corrected chi connectivity index (χ2v) is 5.54. The van der Waals surface area contributed by atoms with Crippen LogP contribution in [0, 0.1) is 10.1 Å². The summed E-state index contributed by atoms with van der Waals surface area (Å²) in [4.78, 5) is 24.5. The third-order valence-corrected chi connectivity index (χ3v) is 3.47. The average molecular weight is 332 g/mol. The summed E-state index contributed by atoms with van der Waals surface area (Å²) in [7, 11) is 3.75. The zero-order chi connectivity index (χ0) is 17.9. The second-order valence-electron chi connectivity index (χ2n) is 5.54. The molecule has 0 spiro atoms. The van der Waals surface area contributed by atoms with Crippen molar-refractivity contribution in [1.29, 1.82) is 0 Å². The predicted octanol–water partition coefficient (Wildman–Crippen LogP) is 2.02. The highest BCUT2D eigenvalue weighted by Gasteiger charge is 2.23. The van der Waals surface area contributed by atoms with Crippen molar-refractivity contribution >= 4 is 11.7 Å². The standard InChI is InChI=1S/C16H20N4O4/c1-4-24-16(21)15-14(9-18(2)3)13(10-19(15)17)11-5-7-12(8-6-11)20(22)23/h5-8,10H,4,9,17H2,1-3H3. The number of nitro groups is 1. The van der Waals surface area contributed by atoms with Gasteiger partial charge >= 0.3 is 5.97 Å². The summed E-state index contributed by atoms with van der Waals surface area (Å²) in [5, 5.41) is 10.8. The number of nitrogens with zero attached hydrogens (tertiary/aromatic N) is 3. The number of benzene rings is 1. The molecule has 0 unspecified atom stereocenters. The Kier molecular flexibility index (Phi) is 5.20. The summed E-state index contributed by atoms with van der Waals surface area (Å²) in [6.45, 7) is 2.45. The third kappa shape index (κ3) is 3.54. The van der Waals surface area contributed by atoms with E-state index in [1.165, 1.54) is 16.8 Å². The van der Waals surface area contributed by atoms with Gasteiger partial charge in [-0.3, -0.25) is 14.8 Å². The number of aromatic nitrogens is 1. The molecule has 0 amide bonds. The molecule has 0 radical (unpaired) electrons. The molecule has 128 valence electrons. The van der Waals surface area contributed by atoms with Crippen LogP contribution in [0.1, 0.15) is 23.0 Å². The van der Waals surface area contributed by atoms with Crippen molar-refractivity contribution in [2.75, 3.05) is 26.5 Å². The summed E-state index contributed by atoms with van der Waals surface area (Å²) >= 11 is 0. The first-order valence-corrected chi connectivity index (χ1v) is 7.41. The molecule has 1 heterocycles. The number of ether oxygens (including phenoxy) is 1. The first-order chi connectivity index (χ1) is 11.3. The molecule has 24 heavy (non-hydrogen) atoms. The van der Waals surface area contributed by atoms with E-state index in [9.17, 15) is 14.9 Å². The van der Waals surface area contributed by atoms with E-state index in [0.717, 1.165) is 16.7 Å². The number of nitro benzene ring substituents is 1. The molecule has 0 fully saturated rings. The molecule has 0 saturated carbocycles. The maximum absolute atomic E-state index is 12.2. The van der Waals surface area contributed by atoms with Crippen LogP contribution in [0.3, 0.4) is 0 Å². The number of esters is 1. The van der Waals surface area contributed by atoms with Crippen LogP contribution in [0.4, 0.5) is 5.69 Å². The van der Waals surface area contributed by atoms with E-state index in [1.807, 2.05) is 19.0 Å². The number of nitrogen functional groups attached to an aromatic ring is 1. The Labute approximate surface area is 139 Å². The summed E-state index contributed by atoms with van der Waals surface area (Å²) in [6, 6.07) is 6.13. The first-order valence-electron chi connectivity index (χ1n) is 7.41. The minimum atomic E-state index is -0.495. The van der Waals surface area contributed by atoms with Crippen LogP contribution in [0.25, 0.3) is 11.1 Å². The van der Waals surface area contributed by atoms with E-state index in [1.54, 1.807) is 25.3 Å². The lowest BCUT2D eigenvalue weighted by molar-refractivity contribution is -0.384. The normalized spacial score (nSPS) is 10.8. The second kappa shape index (κ2) is 7.14. The molecule has 0 aliphatic carbocycles. The van der Waals surface area contributed by atoms with Gasteiger partial charge in [-0.05, 0) is 38.7 Å². The van der Waals surface area contributed by atoms with Gasteiger partial charge in [-0.1, -0.05) is 0 Å². The molecule has 1 aromatic carbocycles. The summed E-state index contributed by atoms with van der Waals surface area (Å²) in [6.07, 6.45) is 1.63. The SMILES string of the molecule is CCOC(=O)c1c(CN(C)C)c(-c2ccc([N+](=O)[O-])cc2)cn1N. The molecular weight excluding hydrogens is 312 g/mol. The van der Waals surface area contributed by atoms with Crippen LogP contribution in [0.5, 0.6) is 0 Å². The van der Waals surface area contributed by atoms with E-state index >= 15 is 0 Å². The summed E-state index contributed by atoms with van der Waals surface area (Å²) in [5.74, 6) is 5.46. The minimum absolute atomic E-state index is 0.00528. The Bertz CT molecular complexity index is 750. The maximum atomic E-state index is 12.2. The fraction of sp³-hybridized carbons (Fsp3) is 0.312. The number of carbonyl (C=O) groups excluding carboxylic acids is 1. The summed E-state index contributed by atoms with van der Waals surface area (Å²) < 4.78 is 6.33. The van der Waals surface area contributed by atoms with Gasteiger partial charge in [-0.25, -0.2) is 4.79 Å². The van der Waals surface area contributed by atoms with Crippen LogP contribution < -0.4 is 5.84 Å². The van der Waals surface area contributed by atoms with Gasteiger partial charge in [0.2, 0.25) is 0 Å². The monoisotopic (exact) mass is 332 g/mol. The summed E-state index contributed by atoms with van der Waals surface area (Å²) in [5.41, 5.74) is 2.48. The molecule has 0 saturated heterocycles. The lowest BCUT2D eigenvalue weighted by atomic mass is 10.0. The molecular formula is C16H20N4O4. The van der Waals surface area contributed by atoms with Gasteiger partial charge in [0.15, 0.2) is 5.69 Å². The molecule has 8 heteroatoms. The van der Waals surface area contributed by atoms with Crippen molar-refractivity contribution in [3.63, 3.8) is 0 Å². The Hall–Kier alpha value is -2.87. The van der Waals surface area contributed by atoms with Gasteiger partial charge in [-0.2, -0.15) is 0 Å². The van der Waals surface area contributed by atoms with E-state index in [-0.39, 0.29) is 18.0 Å². The Morgan fingerprint density at radius 1 is 1.33 bits per heavy atom. The molecule has 2 aromatic rings. The van der Waals surface area contributed by atoms with Gasteiger partial charge in [0.05, 0.1) is 11.5 Å². The quantitative estimate of drug-likeness (QED) is 0.376. The lowest BCUT2D eigenvalue weighted by Gasteiger charge is -2.13. The third-order valence-electron chi connectivity index (χ3n) is 3.47. The van der Waals surface area contributed by atoms with Crippen LogP contribution in [-0.4, -0.2) is 41.2 Å². The zero-order valence-electron chi connectivity index (χ0n) is 13.9. The van der Waals surface area contributed by atoms with E-state index in [0.29, 0.717) is 6.54 Å². The molecule has 0 atom stereocenters. The fourth-order valence-electron chi connectivity index (χ4n) is 2.48. The van der Waals surface area contributed by atoms with Crippen LogP contribution in [0.15, 0.2) is 30.5 Å². The Morgan fingerprint density at radius 3 is 2.46 bits per heavy atom. The van der Waals surface area contributed by atoms with Crippen molar-refractivity contribution in [3.8, 4) is 11.1 Å². The Balaban J connectivity index is 2.54. The number of nitrogens with two attached hydrogens (primary N) is 1. The minimum Gasteiger partial charge on any atom is -0.461 e. The predicted molar refractivity (Wildman–Crippen MR) is 90.0 cm³/mol. The van der Waals surface area contributed by atoms with Crippen LogP contribution in [-0.2, 0) is 11.3 Å². The van der Waals surface area contributed by atoms with Crippen molar-refractivity contribution in [2.45, 2.75) is 13.5 Å². The van der Waals surface area contributed by atoms with Gasteiger partial charge in [-0.15, -0.1) is 0 Å². The van der Waals surface area contributed by atoms with Crippen LogP contribution >= 0.6 is 0 Å². The largest absolute Gasteiger partial charge is 0.461 e. The van der Waals surface area contributed by atoms with Crippen molar-refractivity contribution in [2.24, 2.45) is 0 Å². The van der Waals surface area contributed by atoms with Gasteiger partial charge in [0, 0.05) is 36.0 Å². The zero-order valence-corrected chi connectivity index (χ0v) is 13.9. The molecule has 2 N–H and O–H groups in total. The average Bonchev–Trinajstić information content (AvgIpc) is 2.83. The van der Waals surface area contributed by atoms with E-state index in [2.05, 4.69) is 0 Å². The van der Waals surface area contributed by atoms with Gasteiger partial charge in [0.1, 0.15) is 0 Å². The Morgan fingerprint density at radius 2 is 1.96 bits per heavy atom. The first kappa shape index (κ1) is 17.5. The van der Waals surface area contributed by atoms with Crippen LogP contribution in [0.2, 0.25) is 0 Å². The number of non-ortho nitro benzene ring substituents is 1. The molecule has 0 bridgehead atoms. The van der Waals surface area contributed by atoms with Crippen molar-refractivity contribution in [3.05, 3.63) is 51.8 Å². The topological polar surface area (TPSA) is 104 Å². The van der Waals surface area contributed by atoms with E-state index in [4.69, 9.17) is 10.6 Å². The van der Waals surface area contributed by atoms with Gasteiger partial charge < -0.3 is 15.5 Å². The number of rotatable bonds is 6. The van der Waals surface area contributed by atoms with Crippen molar-refractivity contribution in [1.82, 2.24) is 9.58 Å². The maximum Gasteiger partial charge on any atom is 0.357 e. The van der Waals surface area contributed by atoms with Gasteiger partial charge in [0.25, 0.3) is 5.69 Å². The highest BCUT2D eigenvalue weighted by atomic mass is 16.6. The molecule has 1 aromatic heterocycles. The smallest absolute Gasteiger partial charge is 0.357 e. The molecule has 2 rings (SSSR count). The van der Waals surface area contributed by atoms with Crippen molar-refractivity contribution < 1.29 is 14.5 Å².